The van der Waals surface area contributed by atoms with Crippen molar-refractivity contribution in [3.63, 3.8) is 0 Å². The highest BCUT2D eigenvalue weighted by atomic mass is 32.2. The van der Waals surface area contributed by atoms with Crippen LogP contribution in [0.5, 0.6) is 5.75 Å². The number of carbonyl (C=O) groups excluding carboxylic acids is 1. The van der Waals surface area contributed by atoms with Crippen molar-refractivity contribution in [1.29, 1.82) is 0 Å². The van der Waals surface area contributed by atoms with Gasteiger partial charge in [0.2, 0.25) is 0 Å². The lowest BCUT2D eigenvalue weighted by Gasteiger charge is -2.08. The minimum absolute atomic E-state index is 0.285. The Morgan fingerprint density at radius 1 is 1.53 bits per heavy atom. The first-order valence-electron chi connectivity index (χ1n) is 5.06. The van der Waals surface area contributed by atoms with Crippen LogP contribution < -0.4 is 15.8 Å². The van der Waals surface area contributed by atoms with E-state index in [2.05, 4.69) is 5.32 Å². The molecule has 0 aliphatic rings. The van der Waals surface area contributed by atoms with Gasteiger partial charge in [-0.2, -0.15) is 0 Å². The number of nitrogen functional groups attached to an aromatic ring is 1. The molecule has 1 unspecified atom stereocenters. The second kappa shape index (κ2) is 6.24. The average Bonchev–Trinajstić information content (AvgIpc) is 2.29. The number of rotatable bonds is 5. The van der Waals surface area contributed by atoms with Crippen molar-refractivity contribution >= 4 is 22.4 Å². The molecule has 94 valence electrons. The van der Waals surface area contributed by atoms with Gasteiger partial charge in [0, 0.05) is 35.0 Å². The molecule has 0 heterocycles. The van der Waals surface area contributed by atoms with Crippen molar-refractivity contribution in [2.24, 2.45) is 0 Å². The van der Waals surface area contributed by atoms with Crippen LogP contribution in [0.25, 0.3) is 0 Å². The molecule has 0 saturated heterocycles. The summed E-state index contributed by atoms with van der Waals surface area (Å²) in [5.74, 6) is 0.713. The van der Waals surface area contributed by atoms with E-state index in [0.29, 0.717) is 29.3 Å². The zero-order valence-electron chi connectivity index (χ0n) is 9.86. The van der Waals surface area contributed by atoms with Crippen molar-refractivity contribution in [2.45, 2.75) is 0 Å². The fraction of sp³-hybridized carbons (Fsp3) is 0.364. The zero-order valence-corrected chi connectivity index (χ0v) is 10.7. The van der Waals surface area contributed by atoms with Gasteiger partial charge >= 0.3 is 0 Å². The van der Waals surface area contributed by atoms with Gasteiger partial charge in [0.05, 0.1) is 12.7 Å². The summed E-state index contributed by atoms with van der Waals surface area (Å²) in [4.78, 5) is 11.8. The van der Waals surface area contributed by atoms with Crippen molar-refractivity contribution in [3.8, 4) is 5.75 Å². The maximum atomic E-state index is 11.8. The van der Waals surface area contributed by atoms with E-state index in [4.69, 9.17) is 10.5 Å². The molecule has 1 rings (SSSR count). The summed E-state index contributed by atoms with van der Waals surface area (Å²) in [5.41, 5.74) is 6.46. The Morgan fingerprint density at radius 3 is 2.82 bits per heavy atom. The molecule has 6 heteroatoms. The summed E-state index contributed by atoms with van der Waals surface area (Å²) in [6.07, 6.45) is 1.59. The van der Waals surface area contributed by atoms with E-state index >= 15 is 0 Å². The van der Waals surface area contributed by atoms with Crippen LogP contribution in [-0.2, 0) is 10.8 Å². The molecule has 0 bridgehead atoms. The van der Waals surface area contributed by atoms with E-state index < -0.39 is 10.8 Å². The average molecular weight is 256 g/mol. The number of amides is 1. The third kappa shape index (κ3) is 4.07. The molecule has 3 N–H and O–H groups in total. The summed E-state index contributed by atoms with van der Waals surface area (Å²) in [6.45, 7) is 0.360. The molecule has 0 radical (unpaired) electrons. The van der Waals surface area contributed by atoms with Crippen LogP contribution in [0, 0.1) is 0 Å². The fourth-order valence-electron chi connectivity index (χ4n) is 1.26. The third-order valence-corrected chi connectivity index (χ3v) is 2.96. The van der Waals surface area contributed by atoms with Gasteiger partial charge in [-0.05, 0) is 18.2 Å². The van der Waals surface area contributed by atoms with Crippen LogP contribution in [0.2, 0.25) is 0 Å². The second-order valence-electron chi connectivity index (χ2n) is 3.49. The van der Waals surface area contributed by atoms with E-state index in [-0.39, 0.29) is 5.91 Å². The lowest BCUT2D eigenvalue weighted by molar-refractivity contribution is 0.0956. The Balaban J connectivity index is 2.70. The predicted molar refractivity (Wildman–Crippen MR) is 68.7 cm³/mol. The first-order chi connectivity index (χ1) is 8.04. The van der Waals surface area contributed by atoms with E-state index in [0.717, 1.165) is 0 Å². The number of hydrogen-bond acceptors (Lipinski definition) is 4. The molecule has 17 heavy (non-hydrogen) atoms. The van der Waals surface area contributed by atoms with Gasteiger partial charge in [-0.25, -0.2) is 0 Å². The van der Waals surface area contributed by atoms with Gasteiger partial charge in [0.15, 0.2) is 0 Å². The minimum Gasteiger partial charge on any atom is -0.497 e. The fourth-order valence-corrected chi connectivity index (χ4v) is 1.65. The maximum Gasteiger partial charge on any atom is 0.253 e. The molecular formula is C11H16N2O3S. The number of hydrogen-bond donors (Lipinski definition) is 2. The molecule has 0 spiro atoms. The zero-order chi connectivity index (χ0) is 12.8. The summed E-state index contributed by atoms with van der Waals surface area (Å²) in [5, 5.41) is 2.65. The van der Waals surface area contributed by atoms with Gasteiger partial charge in [0.1, 0.15) is 5.75 Å². The monoisotopic (exact) mass is 256 g/mol. The van der Waals surface area contributed by atoms with Crippen LogP contribution in [0.3, 0.4) is 0 Å². The first kappa shape index (κ1) is 13.5. The lowest BCUT2D eigenvalue weighted by Crippen LogP contribution is -2.28. The lowest BCUT2D eigenvalue weighted by atomic mass is 10.1. The Morgan fingerprint density at radius 2 is 2.24 bits per heavy atom. The van der Waals surface area contributed by atoms with E-state index in [1.807, 2.05) is 0 Å². The molecule has 0 aromatic heterocycles. The Kier molecular flexibility index (Phi) is 4.96. The molecule has 1 atom stereocenters. The van der Waals surface area contributed by atoms with E-state index in [1.165, 1.54) is 7.11 Å². The standard InChI is InChI=1S/C11H16N2O3S/c1-16-8-3-4-10(12)9(7-8)11(14)13-5-6-17(2)15/h3-4,7H,5-6,12H2,1-2H3,(H,13,14). The quantitative estimate of drug-likeness (QED) is 0.746. The molecule has 5 nitrogen and oxygen atoms in total. The Hall–Kier alpha value is -1.56. The summed E-state index contributed by atoms with van der Waals surface area (Å²) in [7, 11) is 0.601. The summed E-state index contributed by atoms with van der Waals surface area (Å²) < 4.78 is 15.9. The van der Waals surface area contributed by atoms with Gasteiger partial charge in [-0.1, -0.05) is 0 Å². The van der Waals surface area contributed by atoms with Gasteiger partial charge in [-0.15, -0.1) is 0 Å². The maximum absolute atomic E-state index is 11.8. The van der Waals surface area contributed by atoms with Gasteiger partial charge < -0.3 is 15.8 Å². The number of carbonyl (C=O) groups is 1. The number of nitrogens with two attached hydrogens (primary N) is 1. The minimum atomic E-state index is -0.920. The van der Waals surface area contributed by atoms with E-state index in [9.17, 15) is 9.00 Å². The van der Waals surface area contributed by atoms with Crippen LogP contribution in [-0.4, -0.2) is 35.8 Å². The molecule has 0 aliphatic carbocycles. The third-order valence-electron chi connectivity index (χ3n) is 2.18. The number of benzene rings is 1. The van der Waals surface area contributed by atoms with Crippen LogP contribution in [0.1, 0.15) is 10.4 Å². The Bertz CT molecular complexity index is 435. The molecule has 1 aromatic carbocycles. The largest absolute Gasteiger partial charge is 0.497 e. The highest BCUT2D eigenvalue weighted by molar-refractivity contribution is 7.84. The first-order valence-corrected chi connectivity index (χ1v) is 6.79. The smallest absolute Gasteiger partial charge is 0.253 e. The van der Waals surface area contributed by atoms with Crippen molar-refractivity contribution < 1.29 is 13.7 Å². The van der Waals surface area contributed by atoms with Gasteiger partial charge in [0.25, 0.3) is 5.91 Å². The Labute approximate surface area is 103 Å². The van der Waals surface area contributed by atoms with Crippen molar-refractivity contribution in [1.82, 2.24) is 5.32 Å². The second-order valence-corrected chi connectivity index (χ2v) is 5.04. The SMILES string of the molecule is COc1ccc(N)c(C(=O)NCCS(C)=O)c1. The van der Waals surface area contributed by atoms with Crippen molar-refractivity contribution in [3.05, 3.63) is 23.8 Å². The topological polar surface area (TPSA) is 81.4 Å². The van der Waals surface area contributed by atoms with Crippen LogP contribution in [0.4, 0.5) is 5.69 Å². The van der Waals surface area contributed by atoms with Gasteiger partial charge in [-0.3, -0.25) is 9.00 Å². The normalized spacial score (nSPS) is 11.9. The number of nitrogens with one attached hydrogen (secondary N) is 1. The molecule has 1 amide bonds. The number of methoxy groups -OCH3 is 1. The molecule has 1 aromatic rings. The number of ether oxygens (including phenoxy) is 1. The summed E-state index contributed by atoms with van der Waals surface area (Å²) >= 11 is 0. The highest BCUT2D eigenvalue weighted by Gasteiger charge is 2.10. The molecule has 0 fully saturated rings. The number of anilines is 1. The van der Waals surface area contributed by atoms with Crippen LogP contribution >= 0.6 is 0 Å². The van der Waals surface area contributed by atoms with Crippen LogP contribution in [0.15, 0.2) is 18.2 Å². The van der Waals surface area contributed by atoms with E-state index in [1.54, 1.807) is 24.5 Å². The molecular weight excluding hydrogens is 240 g/mol. The molecule has 0 aliphatic heterocycles. The highest BCUT2D eigenvalue weighted by Crippen LogP contribution is 2.19. The molecule has 0 saturated carbocycles. The van der Waals surface area contributed by atoms with Crippen molar-refractivity contribution in [2.75, 3.05) is 31.4 Å². The summed E-state index contributed by atoms with van der Waals surface area (Å²) in [6, 6.07) is 4.88. The predicted octanol–water partition coefficient (Wildman–Crippen LogP) is 0.386.